The van der Waals surface area contributed by atoms with E-state index >= 15 is 0 Å². The summed E-state index contributed by atoms with van der Waals surface area (Å²) >= 11 is 1.44. The van der Waals surface area contributed by atoms with Crippen LogP contribution in [-0.2, 0) is 16.5 Å². The van der Waals surface area contributed by atoms with Gasteiger partial charge in [0.05, 0.1) is 11.9 Å². The minimum atomic E-state index is -4.58. The number of benzene rings is 3. The number of rotatable bonds is 10. The molecule has 0 amide bonds. The number of nitriles is 1. The van der Waals surface area contributed by atoms with Crippen LogP contribution >= 0.6 is 11.3 Å². The van der Waals surface area contributed by atoms with Crippen LogP contribution in [-0.4, -0.2) is 37.7 Å². The van der Waals surface area contributed by atoms with Crippen molar-refractivity contribution in [2.45, 2.75) is 87.5 Å². The van der Waals surface area contributed by atoms with Crippen LogP contribution < -0.4 is 10.6 Å². The van der Waals surface area contributed by atoms with E-state index in [1.54, 1.807) is 26.1 Å². The zero-order chi connectivity index (χ0) is 40.8. The molecule has 288 valence electrons. The van der Waals surface area contributed by atoms with E-state index in [-0.39, 0.29) is 27.8 Å². The fourth-order valence-electron chi connectivity index (χ4n) is 7.13. The van der Waals surface area contributed by atoms with Crippen LogP contribution in [0.25, 0.3) is 5.13 Å². The predicted molar refractivity (Wildman–Crippen MR) is 221 cm³/mol. The van der Waals surface area contributed by atoms with Gasteiger partial charge in [0.1, 0.15) is 22.4 Å². The summed E-state index contributed by atoms with van der Waals surface area (Å²) in [5.41, 5.74) is 11.3. The van der Waals surface area contributed by atoms with Gasteiger partial charge in [-0.05, 0) is 121 Å². The number of thiazole rings is 1. The predicted octanol–water partition coefficient (Wildman–Crippen LogP) is 10.1. The van der Waals surface area contributed by atoms with E-state index in [0.717, 1.165) is 55.2 Å². The summed E-state index contributed by atoms with van der Waals surface area (Å²) in [6, 6.07) is 12.2. The van der Waals surface area contributed by atoms with Crippen LogP contribution in [0.3, 0.4) is 0 Å². The van der Waals surface area contributed by atoms with E-state index < -0.39 is 10.1 Å². The first kappa shape index (κ1) is 39.9. The Balaban J connectivity index is 1.61. The lowest BCUT2D eigenvalue weighted by Crippen LogP contribution is -2.11. The minimum Gasteiger partial charge on any atom is -0.338 e. The zero-order valence-corrected chi connectivity index (χ0v) is 35.0. The third-order valence-corrected chi connectivity index (χ3v) is 11.9. The maximum Gasteiger partial charge on any atom is 0.295 e. The summed E-state index contributed by atoms with van der Waals surface area (Å²) in [5, 5.41) is 31.3. The molecule has 0 aliphatic heterocycles. The second kappa shape index (κ2) is 15.4. The number of hydrogen-bond acceptors (Lipinski definition) is 12. The first-order valence-corrected chi connectivity index (χ1v) is 20.1. The van der Waals surface area contributed by atoms with Gasteiger partial charge in [0.2, 0.25) is 10.9 Å². The Morgan fingerprint density at radius 3 is 1.86 bits per heavy atom. The highest BCUT2D eigenvalue weighted by atomic mass is 32.2. The van der Waals surface area contributed by atoms with Crippen molar-refractivity contribution in [2.24, 2.45) is 10.2 Å². The van der Waals surface area contributed by atoms with Crippen molar-refractivity contribution in [3.63, 3.8) is 0 Å². The number of azo groups is 1. The molecule has 3 N–H and O–H groups in total. The number of nitrogens with zero attached hydrogens (tertiary/aromatic N) is 8. The van der Waals surface area contributed by atoms with Crippen molar-refractivity contribution >= 4 is 56.0 Å². The average Bonchev–Trinajstić information content (AvgIpc) is 3.66. The van der Waals surface area contributed by atoms with Gasteiger partial charge in [-0.2, -0.15) is 13.7 Å². The van der Waals surface area contributed by atoms with Crippen molar-refractivity contribution < 1.29 is 13.0 Å². The lowest BCUT2D eigenvalue weighted by atomic mass is 9.97. The van der Waals surface area contributed by atoms with Crippen LogP contribution in [0.1, 0.15) is 77.6 Å². The van der Waals surface area contributed by atoms with Gasteiger partial charge < -0.3 is 10.6 Å². The van der Waals surface area contributed by atoms with Crippen molar-refractivity contribution in [1.29, 1.82) is 5.26 Å². The van der Waals surface area contributed by atoms with Crippen LogP contribution in [0, 0.1) is 87.5 Å². The average molecular weight is 789 g/mol. The van der Waals surface area contributed by atoms with Crippen LogP contribution in [0.4, 0.5) is 34.5 Å². The van der Waals surface area contributed by atoms with E-state index in [0.29, 0.717) is 45.6 Å². The molecule has 0 spiro atoms. The molecular formula is C41H44N10O3S2. The summed E-state index contributed by atoms with van der Waals surface area (Å²) in [4.78, 5) is 15.5. The quantitative estimate of drug-likeness (QED) is 0.0892. The van der Waals surface area contributed by atoms with Crippen LogP contribution in [0.5, 0.6) is 0 Å². The summed E-state index contributed by atoms with van der Waals surface area (Å²) < 4.78 is 37.0. The zero-order valence-electron chi connectivity index (χ0n) is 33.3. The van der Waals surface area contributed by atoms with E-state index in [2.05, 4.69) is 76.9 Å². The van der Waals surface area contributed by atoms with Crippen LogP contribution in [0.15, 0.2) is 51.7 Å². The molecular weight excluding hydrogens is 745 g/mol. The Kier molecular flexibility index (Phi) is 10.9. The van der Waals surface area contributed by atoms with Crippen LogP contribution in [0.2, 0.25) is 0 Å². The summed E-state index contributed by atoms with van der Waals surface area (Å²) in [5.74, 6) is 1.05. The largest absolute Gasteiger partial charge is 0.338 e. The molecule has 0 aliphatic carbocycles. The van der Waals surface area contributed by atoms with Gasteiger partial charge in [-0.1, -0.05) is 52.8 Å². The van der Waals surface area contributed by atoms with Gasteiger partial charge in [0.15, 0.2) is 17.3 Å². The molecule has 3 aromatic carbocycles. The minimum absolute atomic E-state index is 0.0592. The number of aryl methyl sites for hydroxylation is 10. The van der Waals surface area contributed by atoms with E-state index in [4.69, 9.17) is 15.1 Å². The topological polar surface area (TPSA) is 183 Å². The maximum absolute atomic E-state index is 12.6. The third kappa shape index (κ3) is 8.08. The number of hydrogen-bond donors (Lipinski definition) is 3. The fraction of sp³-hybridized carbons (Fsp3) is 0.293. The Bertz CT molecular complexity index is 2680. The van der Waals surface area contributed by atoms with Gasteiger partial charge in [0, 0.05) is 22.7 Å². The molecule has 13 nitrogen and oxygen atoms in total. The maximum atomic E-state index is 12.6. The molecule has 56 heavy (non-hydrogen) atoms. The van der Waals surface area contributed by atoms with Crippen molar-refractivity contribution in [2.75, 3.05) is 10.6 Å². The van der Waals surface area contributed by atoms with E-state index in [9.17, 15) is 18.2 Å². The molecule has 3 aromatic heterocycles. The van der Waals surface area contributed by atoms with Crippen molar-refractivity contribution in [3.8, 4) is 11.2 Å². The van der Waals surface area contributed by atoms with E-state index in [1.165, 1.54) is 16.0 Å². The molecule has 0 atom stereocenters. The Morgan fingerprint density at radius 1 is 0.768 bits per heavy atom. The standard InChI is InChI=1S/C41H44N10O3S2/c1-20-12-22(3)32(23(4)13-20)17-33-44-39(46-34-24(5)14-21(2)15-25(34)6)36(40(45-33)47-35-26(7)16-27(8)37(28(35)9)56(52,53)54)48-49-38-31(18-42)19-51(50-38)41-43-29(10)30(11)55-41/h12-16,19H,17H2,1-11H3,(H,52,53,54)(H2,44,45,46,47). The van der Waals surface area contributed by atoms with Gasteiger partial charge in [0.25, 0.3) is 10.1 Å². The first-order chi connectivity index (χ1) is 26.3. The molecule has 6 rings (SSSR count). The fourth-order valence-corrected chi connectivity index (χ4v) is 8.93. The molecule has 0 bridgehead atoms. The molecule has 0 fully saturated rings. The normalized spacial score (nSPS) is 11.7. The molecule has 15 heteroatoms. The Morgan fingerprint density at radius 2 is 1.32 bits per heavy atom. The highest BCUT2D eigenvalue weighted by molar-refractivity contribution is 7.86. The molecule has 0 unspecified atom stereocenters. The van der Waals surface area contributed by atoms with Gasteiger partial charge in [-0.15, -0.1) is 15.3 Å². The summed E-state index contributed by atoms with van der Waals surface area (Å²) in [7, 11) is -4.58. The second-order valence-electron chi connectivity index (χ2n) is 14.3. The smallest absolute Gasteiger partial charge is 0.295 e. The Labute approximate surface area is 331 Å². The number of anilines is 4. The molecule has 0 radical (unpaired) electrons. The van der Waals surface area contributed by atoms with Crippen molar-refractivity contribution in [3.05, 3.63) is 114 Å². The molecule has 0 saturated heterocycles. The number of nitrogens with one attached hydrogen (secondary N) is 2. The Hall–Kier alpha value is -5.82. The molecule has 3 heterocycles. The van der Waals surface area contributed by atoms with Gasteiger partial charge >= 0.3 is 0 Å². The summed E-state index contributed by atoms with van der Waals surface area (Å²) in [6.45, 7) is 21.2. The molecule has 6 aromatic rings. The summed E-state index contributed by atoms with van der Waals surface area (Å²) in [6.07, 6.45) is 1.94. The first-order valence-electron chi connectivity index (χ1n) is 17.9. The molecule has 0 saturated carbocycles. The lowest BCUT2D eigenvalue weighted by molar-refractivity contribution is 0.482. The van der Waals surface area contributed by atoms with Gasteiger partial charge in [-0.25, -0.2) is 19.6 Å². The van der Waals surface area contributed by atoms with Crippen molar-refractivity contribution in [1.82, 2.24) is 24.7 Å². The molecule has 0 aliphatic rings. The second-order valence-corrected chi connectivity index (χ2v) is 16.9. The third-order valence-electron chi connectivity index (χ3n) is 9.70. The van der Waals surface area contributed by atoms with Gasteiger partial charge in [-0.3, -0.25) is 4.55 Å². The monoisotopic (exact) mass is 788 g/mol. The lowest BCUT2D eigenvalue weighted by Gasteiger charge is -2.20. The number of aromatic nitrogens is 5. The van der Waals surface area contributed by atoms with E-state index in [1.807, 2.05) is 41.5 Å². The highest BCUT2D eigenvalue weighted by Crippen LogP contribution is 2.41. The SMILES string of the molecule is Cc1cc(C)c(Cc2nc(Nc3c(C)cc(C)cc3C)c(N=Nc3nn(-c4nc(C)c(C)s4)cc3C#N)c(Nc3c(C)cc(C)c(S(=O)(=O)O)c3C)n2)c(C)c1. The highest BCUT2D eigenvalue weighted by Gasteiger charge is 2.24.